The third-order valence-electron chi connectivity index (χ3n) is 4.28. The molecule has 0 bridgehead atoms. The van der Waals surface area contributed by atoms with E-state index in [4.69, 9.17) is 16.0 Å². The molecule has 0 saturated carbocycles. The van der Waals surface area contributed by atoms with Crippen molar-refractivity contribution in [3.63, 3.8) is 0 Å². The summed E-state index contributed by atoms with van der Waals surface area (Å²) in [6.45, 7) is 3.87. The van der Waals surface area contributed by atoms with E-state index in [9.17, 15) is 10.1 Å². The standard InChI is InChI=1S/C18H15N7O2S2/c1-8(2)25-6-11(27-24-25)22-17(26)15-14(20)13-12(9-3-4-28-7-9)10(5-19)16(21)23-18(13)29-15/h3-4,6-8H,1-2H3,(H4-,20,21,22,23,24,26)/p+1. The van der Waals surface area contributed by atoms with E-state index in [-0.39, 0.29) is 33.9 Å². The van der Waals surface area contributed by atoms with Crippen LogP contribution in [0.2, 0.25) is 0 Å². The number of aromatic nitrogens is 3. The van der Waals surface area contributed by atoms with Crippen LogP contribution in [0.25, 0.3) is 21.3 Å². The van der Waals surface area contributed by atoms with Crippen molar-refractivity contribution in [1.82, 2.24) is 10.3 Å². The Labute approximate surface area is 173 Å². The zero-order valence-electron chi connectivity index (χ0n) is 15.5. The van der Waals surface area contributed by atoms with Crippen molar-refractivity contribution in [2.45, 2.75) is 19.9 Å². The van der Waals surface area contributed by atoms with E-state index in [0.717, 1.165) is 16.9 Å². The number of anilines is 3. The maximum Gasteiger partial charge on any atom is 0.302 e. The molecule has 0 aliphatic heterocycles. The van der Waals surface area contributed by atoms with Crippen LogP contribution in [-0.4, -0.2) is 16.2 Å². The maximum atomic E-state index is 12.8. The summed E-state index contributed by atoms with van der Waals surface area (Å²) in [5, 5.41) is 20.4. The Hall–Kier alpha value is -3.49. The third-order valence-corrected chi connectivity index (χ3v) is 6.06. The van der Waals surface area contributed by atoms with Crippen LogP contribution in [0.4, 0.5) is 17.4 Å². The van der Waals surface area contributed by atoms with Crippen LogP contribution in [0, 0.1) is 11.3 Å². The number of fused-ring (bicyclic) bond motifs is 1. The largest absolute Gasteiger partial charge is 0.397 e. The van der Waals surface area contributed by atoms with Gasteiger partial charge in [0.1, 0.15) is 27.2 Å². The summed E-state index contributed by atoms with van der Waals surface area (Å²) in [5.74, 6) is -0.155. The lowest BCUT2D eigenvalue weighted by Gasteiger charge is -2.07. The number of carbonyl (C=O) groups is 1. The van der Waals surface area contributed by atoms with Crippen molar-refractivity contribution in [2.24, 2.45) is 0 Å². The summed E-state index contributed by atoms with van der Waals surface area (Å²) in [7, 11) is 0. The molecular formula is C18H16N7O2S2+. The quantitative estimate of drug-likeness (QED) is 0.424. The number of thiophene rings is 2. The van der Waals surface area contributed by atoms with Crippen LogP contribution in [0.15, 0.2) is 27.5 Å². The Balaban J connectivity index is 1.82. The van der Waals surface area contributed by atoms with Crippen molar-refractivity contribution in [3.8, 4) is 17.2 Å². The van der Waals surface area contributed by atoms with Crippen molar-refractivity contribution >= 4 is 56.2 Å². The van der Waals surface area contributed by atoms with Crippen molar-refractivity contribution < 1.29 is 14.0 Å². The van der Waals surface area contributed by atoms with Gasteiger partial charge in [0.05, 0.1) is 5.69 Å². The molecule has 0 aliphatic rings. The molecule has 0 aliphatic carbocycles. The first-order chi connectivity index (χ1) is 13.9. The minimum absolute atomic E-state index is 0.0866. The number of nitrogens with two attached hydrogens (primary N) is 2. The zero-order chi connectivity index (χ0) is 20.7. The molecule has 4 heterocycles. The molecule has 0 saturated heterocycles. The van der Waals surface area contributed by atoms with Crippen molar-refractivity contribution in [1.29, 1.82) is 5.26 Å². The Morgan fingerprint density at radius 1 is 1.41 bits per heavy atom. The predicted molar refractivity (Wildman–Crippen MR) is 112 cm³/mol. The van der Waals surface area contributed by atoms with Crippen LogP contribution in [0.5, 0.6) is 0 Å². The Morgan fingerprint density at radius 2 is 2.21 bits per heavy atom. The molecule has 4 aromatic rings. The molecular weight excluding hydrogens is 410 g/mol. The summed E-state index contributed by atoms with van der Waals surface area (Å²) in [5.41, 5.74) is 14.2. The maximum absolute atomic E-state index is 12.8. The first kappa shape index (κ1) is 18.9. The molecule has 0 fully saturated rings. The van der Waals surface area contributed by atoms with E-state index in [1.807, 2.05) is 30.7 Å². The van der Waals surface area contributed by atoms with Gasteiger partial charge >= 0.3 is 5.88 Å². The fraction of sp³-hybridized carbons (Fsp3) is 0.167. The average Bonchev–Trinajstić information content (AvgIpc) is 3.41. The number of hydrogen-bond donors (Lipinski definition) is 3. The molecule has 146 valence electrons. The van der Waals surface area contributed by atoms with Crippen LogP contribution < -0.4 is 21.5 Å². The molecule has 0 radical (unpaired) electrons. The monoisotopic (exact) mass is 426 g/mol. The Morgan fingerprint density at radius 3 is 2.83 bits per heavy atom. The first-order valence-electron chi connectivity index (χ1n) is 8.54. The summed E-state index contributed by atoms with van der Waals surface area (Å²) < 4.78 is 6.72. The van der Waals surface area contributed by atoms with Gasteiger partial charge in [-0.3, -0.25) is 14.6 Å². The topological polar surface area (TPSA) is 148 Å². The number of nitrogens with zero attached hydrogens (tertiary/aromatic N) is 4. The highest BCUT2D eigenvalue weighted by atomic mass is 32.1. The van der Waals surface area contributed by atoms with E-state index in [1.54, 1.807) is 10.9 Å². The van der Waals surface area contributed by atoms with Gasteiger partial charge in [0, 0.05) is 10.9 Å². The minimum atomic E-state index is -0.453. The number of hydrogen-bond acceptors (Lipinski definition) is 9. The normalized spacial score (nSPS) is 11.1. The molecule has 0 aromatic carbocycles. The number of amides is 1. The van der Waals surface area contributed by atoms with Gasteiger partial charge in [-0.15, -0.1) is 11.3 Å². The summed E-state index contributed by atoms with van der Waals surface area (Å²) in [6, 6.07) is 4.06. The highest BCUT2D eigenvalue weighted by Gasteiger charge is 2.26. The predicted octanol–water partition coefficient (Wildman–Crippen LogP) is 3.17. The van der Waals surface area contributed by atoms with Crippen LogP contribution in [0.3, 0.4) is 0 Å². The minimum Gasteiger partial charge on any atom is -0.397 e. The summed E-state index contributed by atoms with van der Waals surface area (Å²) >= 11 is 2.59. The average molecular weight is 427 g/mol. The summed E-state index contributed by atoms with van der Waals surface area (Å²) in [6.07, 6.45) is 1.59. The SMILES string of the molecule is CC(C)[n+]1cc(NC(=O)c2sc3nc(N)c(C#N)c(-c4ccsc4)c3c2N)on1. The van der Waals surface area contributed by atoms with Gasteiger partial charge in [-0.05, 0) is 40.9 Å². The smallest absolute Gasteiger partial charge is 0.302 e. The van der Waals surface area contributed by atoms with E-state index in [2.05, 4.69) is 21.6 Å². The number of nitrogens with one attached hydrogen (secondary N) is 1. The second-order valence-electron chi connectivity index (χ2n) is 6.49. The zero-order valence-corrected chi connectivity index (χ0v) is 17.1. The van der Waals surface area contributed by atoms with Gasteiger partial charge in [-0.2, -0.15) is 16.6 Å². The number of rotatable bonds is 4. The lowest BCUT2D eigenvalue weighted by molar-refractivity contribution is -0.779. The van der Waals surface area contributed by atoms with Crippen LogP contribution in [-0.2, 0) is 0 Å². The Kier molecular flexibility index (Phi) is 4.65. The highest BCUT2D eigenvalue weighted by Crippen LogP contribution is 2.43. The van der Waals surface area contributed by atoms with Gasteiger partial charge in [-0.25, -0.2) is 4.98 Å². The highest BCUT2D eigenvalue weighted by molar-refractivity contribution is 7.21. The van der Waals surface area contributed by atoms with E-state index < -0.39 is 5.91 Å². The molecule has 1 amide bonds. The molecule has 4 rings (SSSR count). The fourth-order valence-electron chi connectivity index (χ4n) is 2.87. The second-order valence-corrected chi connectivity index (χ2v) is 8.27. The van der Waals surface area contributed by atoms with Crippen molar-refractivity contribution in [2.75, 3.05) is 16.8 Å². The van der Waals surface area contributed by atoms with E-state index >= 15 is 0 Å². The lowest BCUT2D eigenvalue weighted by Crippen LogP contribution is -2.36. The van der Waals surface area contributed by atoms with Gasteiger partial charge in [0.2, 0.25) is 5.27 Å². The second kappa shape index (κ2) is 7.16. The van der Waals surface area contributed by atoms with Crippen LogP contribution in [0.1, 0.15) is 35.1 Å². The number of nitrogen functional groups attached to an aromatic ring is 2. The molecule has 4 aromatic heterocycles. The molecule has 0 spiro atoms. The molecule has 0 unspecified atom stereocenters. The number of carbonyl (C=O) groups excluding carboxylic acids is 1. The lowest BCUT2D eigenvalue weighted by atomic mass is 9.99. The van der Waals surface area contributed by atoms with Gasteiger partial charge < -0.3 is 11.5 Å². The van der Waals surface area contributed by atoms with E-state index in [1.165, 1.54) is 11.3 Å². The summed E-state index contributed by atoms with van der Waals surface area (Å²) in [4.78, 5) is 17.9. The fourth-order valence-corrected chi connectivity index (χ4v) is 4.53. The van der Waals surface area contributed by atoms with Gasteiger partial charge in [0.25, 0.3) is 12.1 Å². The third kappa shape index (κ3) is 3.18. The molecule has 9 nitrogen and oxygen atoms in total. The van der Waals surface area contributed by atoms with Crippen molar-refractivity contribution in [3.05, 3.63) is 33.5 Å². The van der Waals surface area contributed by atoms with E-state index in [0.29, 0.717) is 15.8 Å². The molecule has 11 heteroatoms. The van der Waals surface area contributed by atoms with Crippen LogP contribution >= 0.6 is 22.7 Å². The molecule has 0 atom stereocenters. The van der Waals surface area contributed by atoms with Gasteiger partial charge in [-0.1, -0.05) is 0 Å². The first-order valence-corrected chi connectivity index (χ1v) is 10.3. The molecule has 5 N–H and O–H groups in total. The Bertz CT molecular complexity index is 1270. The molecule has 29 heavy (non-hydrogen) atoms. The number of nitriles is 1. The number of pyridine rings is 1. The van der Waals surface area contributed by atoms with Gasteiger partial charge in [0.15, 0.2) is 6.04 Å².